The summed E-state index contributed by atoms with van der Waals surface area (Å²) in [5.74, 6) is 2.05. The fourth-order valence-corrected chi connectivity index (χ4v) is 3.18. The maximum absolute atomic E-state index is 8.93. The molecule has 0 aromatic heterocycles. The lowest BCUT2D eigenvalue weighted by atomic mass is 10.2. The van der Waals surface area contributed by atoms with Gasteiger partial charge in [0.25, 0.3) is 0 Å². The summed E-state index contributed by atoms with van der Waals surface area (Å²) in [5.41, 5.74) is 2.28. The largest absolute Gasteiger partial charge is 0.493 e. The van der Waals surface area contributed by atoms with Crippen LogP contribution in [0.1, 0.15) is 25.8 Å². The van der Waals surface area contributed by atoms with E-state index in [1.807, 2.05) is 24.3 Å². The van der Waals surface area contributed by atoms with Crippen molar-refractivity contribution in [3.63, 3.8) is 0 Å². The Morgan fingerprint density at radius 1 is 1.06 bits per heavy atom. The molecule has 0 atom stereocenters. The van der Waals surface area contributed by atoms with Crippen LogP contribution in [0.4, 0.5) is 5.69 Å². The van der Waals surface area contributed by atoms with Gasteiger partial charge in [-0.3, -0.25) is 0 Å². The molecule has 0 bridgehead atoms. The van der Waals surface area contributed by atoms with Crippen LogP contribution in [0.15, 0.2) is 53.5 Å². The zero-order chi connectivity index (χ0) is 22.3. The van der Waals surface area contributed by atoms with Gasteiger partial charge in [-0.15, -0.1) is 0 Å². The molecule has 3 N–H and O–H groups in total. The molecule has 0 aliphatic rings. The van der Waals surface area contributed by atoms with E-state index in [1.165, 1.54) is 5.69 Å². The third kappa shape index (κ3) is 8.38. The number of nitrogens with one attached hydrogen (secondary N) is 2. The molecular weight excluding hydrogens is 392 g/mol. The fourth-order valence-electron chi connectivity index (χ4n) is 3.18. The number of ether oxygens (including phenoxy) is 2. The summed E-state index contributed by atoms with van der Waals surface area (Å²) in [6.07, 6.45) is 1.01. The minimum atomic E-state index is -0.0335. The molecule has 0 fully saturated rings. The molecule has 0 saturated heterocycles. The van der Waals surface area contributed by atoms with E-state index in [2.05, 4.69) is 53.6 Å². The molecule has 0 spiro atoms. The smallest absolute Gasteiger partial charge is 0.191 e. The van der Waals surface area contributed by atoms with E-state index in [9.17, 15) is 0 Å². The Hall–Kier alpha value is -2.93. The van der Waals surface area contributed by atoms with Crippen molar-refractivity contribution in [3.8, 4) is 11.5 Å². The number of guanidine groups is 1. The molecule has 31 heavy (non-hydrogen) atoms. The molecule has 170 valence electrons. The molecule has 0 radical (unpaired) electrons. The normalized spacial score (nSPS) is 11.2. The molecule has 2 rings (SSSR count). The van der Waals surface area contributed by atoms with E-state index in [0.717, 1.165) is 44.1 Å². The highest BCUT2D eigenvalue weighted by Gasteiger charge is 2.07. The summed E-state index contributed by atoms with van der Waals surface area (Å²) < 4.78 is 10.9. The number of rotatable bonds is 13. The number of aliphatic hydroxyl groups excluding tert-OH is 1. The molecule has 0 aliphatic heterocycles. The van der Waals surface area contributed by atoms with Crippen LogP contribution in [-0.2, 0) is 6.54 Å². The van der Waals surface area contributed by atoms with Gasteiger partial charge in [-0.2, -0.15) is 0 Å². The van der Waals surface area contributed by atoms with Crippen molar-refractivity contribution in [2.75, 3.05) is 51.4 Å². The molecular formula is C24H36N4O3. The van der Waals surface area contributed by atoms with Crippen molar-refractivity contribution in [2.24, 2.45) is 4.99 Å². The van der Waals surface area contributed by atoms with Crippen LogP contribution in [-0.4, -0.2) is 57.6 Å². The minimum Gasteiger partial charge on any atom is -0.493 e. The van der Waals surface area contributed by atoms with Gasteiger partial charge in [-0.1, -0.05) is 24.3 Å². The minimum absolute atomic E-state index is 0.0335. The number of aliphatic hydroxyl groups is 1. The van der Waals surface area contributed by atoms with E-state index < -0.39 is 0 Å². The molecule has 2 aromatic carbocycles. The number of hydrogen-bond donors (Lipinski definition) is 3. The van der Waals surface area contributed by atoms with Crippen LogP contribution in [0.3, 0.4) is 0 Å². The summed E-state index contributed by atoms with van der Waals surface area (Å²) in [6.45, 7) is 8.58. The Morgan fingerprint density at radius 3 is 2.55 bits per heavy atom. The zero-order valence-corrected chi connectivity index (χ0v) is 18.9. The molecule has 2 aromatic rings. The first kappa shape index (κ1) is 24.3. The van der Waals surface area contributed by atoms with Crippen molar-refractivity contribution < 1.29 is 14.6 Å². The summed E-state index contributed by atoms with van der Waals surface area (Å²) in [6, 6.07) is 16.2. The van der Waals surface area contributed by atoms with Crippen LogP contribution in [0.25, 0.3) is 0 Å². The monoisotopic (exact) mass is 428 g/mol. The van der Waals surface area contributed by atoms with Gasteiger partial charge in [0.2, 0.25) is 0 Å². The number of methoxy groups -OCH3 is 1. The Labute approximate surface area is 186 Å². The number of anilines is 1. The van der Waals surface area contributed by atoms with Crippen molar-refractivity contribution in [1.29, 1.82) is 0 Å². The van der Waals surface area contributed by atoms with Gasteiger partial charge in [-0.05, 0) is 50.1 Å². The average Bonchev–Trinajstić information content (AvgIpc) is 2.81. The molecule has 7 nitrogen and oxygen atoms in total. The lowest BCUT2D eigenvalue weighted by molar-refractivity contribution is 0.196. The lowest BCUT2D eigenvalue weighted by Crippen LogP contribution is -2.38. The Morgan fingerprint density at radius 2 is 1.87 bits per heavy atom. The van der Waals surface area contributed by atoms with Gasteiger partial charge >= 0.3 is 0 Å². The molecule has 0 saturated carbocycles. The highest BCUT2D eigenvalue weighted by Crippen LogP contribution is 2.28. The summed E-state index contributed by atoms with van der Waals surface area (Å²) in [5, 5.41) is 15.6. The molecule has 7 heteroatoms. The van der Waals surface area contributed by atoms with Gasteiger partial charge in [0.1, 0.15) is 6.61 Å². The van der Waals surface area contributed by atoms with E-state index in [0.29, 0.717) is 18.0 Å². The lowest BCUT2D eigenvalue weighted by Gasteiger charge is -2.23. The predicted molar refractivity (Wildman–Crippen MR) is 127 cm³/mol. The van der Waals surface area contributed by atoms with E-state index in [4.69, 9.17) is 19.6 Å². The first-order valence-electron chi connectivity index (χ1n) is 10.9. The topological polar surface area (TPSA) is 78.4 Å². The Balaban J connectivity index is 1.88. The SMILES string of the molecule is CCNC(=NCc1ccc(OCCO)c(OC)c1)NCCCN(CC)c1ccccc1. The van der Waals surface area contributed by atoms with Crippen molar-refractivity contribution in [2.45, 2.75) is 26.8 Å². The van der Waals surface area contributed by atoms with E-state index in [1.54, 1.807) is 7.11 Å². The van der Waals surface area contributed by atoms with Crippen LogP contribution in [0.5, 0.6) is 11.5 Å². The molecule has 0 amide bonds. The zero-order valence-electron chi connectivity index (χ0n) is 18.9. The second-order valence-corrected chi connectivity index (χ2v) is 6.95. The maximum Gasteiger partial charge on any atom is 0.191 e. The number of benzene rings is 2. The van der Waals surface area contributed by atoms with Gasteiger partial charge in [-0.25, -0.2) is 4.99 Å². The molecule has 0 unspecified atom stereocenters. The van der Waals surface area contributed by atoms with Crippen molar-refractivity contribution in [1.82, 2.24) is 10.6 Å². The van der Waals surface area contributed by atoms with E-state index in [-0.39, 0.29) is 13.2 Å². The van der Waals surface area contributed by atoms with Gasteiger partial charge in [0.05, 0.1) is 20.3 Å². The first-order chi connectivity index (χ1) is 15.2. The number of aliphatic imine (C=N–C) groups is 1. The summed E-state index contributed by atoms with van der Waals surface area (Å²) >= 11 is 0. The Bertz CT molecular complexity index is 784. The van der Waals surface area contributed by atoms with Gasteiger partial charge in [0, 0.05) is 31.9 Å². The standard InChI is InChI=1S/C24H36N4O3/c1-4-25-24(26-14-9-15-28(5-2)21-10-7-6-8-11-21)27-19-20-12-13-22(31-17-16-29)23(18-20)30-3/h6-8,10-13,18,29H,4-5,9,14-17,19H2,1-3H3,(H2,25,26,27). The molecule has 0 heterocycles. The molecule has 0 aliphatic carbocycles. The number of hydrogen-bond acceptors (Lipinski definition) is 5. The maximum atomic E-state index is 8.93. The van der Waals surface area contributed by atoms with Crippen LogP contribution < -0.4 is 25.0 Å². The summed E-state index contributed by atoms with van der Waals surface area (Å²) in [7, 11) is 1.61. The quantitative estimate of drug-likeness (QED) is 0.259. The van der Waals surface area contributed by atoms with E-state index >= 15 is 0 Å². The summed E-state index contributed by atoms with van der Waals surface area (Å²) in [4.78, 5) is 7.06. The highest BCUT2D eigenvalue weighted by atomic mass is 16.5. The van der Waals surface area contributed by atoms with Gasteiger partial charge < -0.3 is 30.1 Å². The van der Waals surface area contributed by atoms with Crippen LogP contribution in [0.2, 0.25) is 0 Å². The van der Waals surface area contributed by atoms with Crippen molar-refractivity contribution in [3.05, 3.63) is 54.1 Å². The third-order valence-corrected chi connectivity index (χ3v) is 4.74. The average molecular weight is 429 g/mol. The third-order valence-electron chi connectivity index (χ3n) is 4.74. The number of nitrogens with zero attached hydrogens (tertiary/aromatic N) is 2. The second-order valence-electron chi connectivity index (χ2n) is 6.95. The van der Waals surface area contributed by atoms with Gasteiger partial charge in [0.15, 0.2) is 17.5 Å². The fraction of sp³-hybridized carbons (Fsp3) is 0.458. The second kappa shape index (κ2) is 14.1. The number of para-hydroxylation sites is 1. The first-order valence-corrected chi connectivity index (χ1v) is 10.9. The Kier molecular flexibility index (Phi) is 11.1. The van der Waals surface area contributed by atoms with Crippen molar-refractivity contribution >= 4 is 11.6 Å². The predicted octanol–water partition coefficient (Wildman–Crippen LogP) is 3.04. The highest BCUT2D eigenvalue weighted by molar-refractivity contribution is 5.79. The van der Waals surface area contributed by atoms with Crippen LogP contribution >= 0.6 is 0 Å². The van der Waals surface area contributed by atoms with Crippen LogP contribution in [0, 0.1) is 0 Å².